The van der Waals surface area contributed by atoms with Gasteiger partial charge < -0.3 is 39.5 Å². The first-order valence-corrected chi connectivity index (χ1v) is 26.2. The van der Waals surface area contributed by atoms with Crippen molar-refractivity contribution in [1.29, 1.82) is 0 Å². The molecule has 0 bridgehead atoms. The summed E-state index contributed by atoms with van der Waals surface area (Å²) < 4.78 is 71.6. The zero-order valence-electron chi connectivity index (χ0n) is 51.3. The monoisotopic (exact) mass is 1220 g/mol. The van der Waals surface area contributed by atoms with Crippen molar-refractivity contribution in [3.8, 4) is 22.9 Å². The largest absolute Gasteiger partial charge is 4.00 e. The van der Waals surface area contributed by atoms with Crippen molar-refractivity contribution in [3.63, 3.8) is 0 Å². The van der Waals surface area contributed by atoms with Crippen LogP contribution in [0.25, 0.3) is 44.0 Å². The van der Waals surface area contributed by atoms with Gasteiger partial charge in [0.05, 0.1) is 16.9 Å². The molecule has 79 heavy (non-hydrogen) atoms. The van der Waals surface area contributed by atoms with Crippen molar-refractivity contribution in [1.82, 2.24) is 20.2 Å². The van der Waals surface area contributed by atoms with Crippen LogP contribution in [0.15, 0.2) is 213 Å². The van der Waals surface area contributed by atoms with E-state index >= 15 is 0 Å². The fourth-order valence-corrected chi connectivity index (χ4v) is 10.7. The van der Waals surface area contributed by atoms with E-state index in [9.17, 15) is 2.74 Å². The molecule has 2 radical (unpaired) electrons. The Labute approximate surface area is 490 Å². The van der Waals surface area contributed by atoms with Crippen LogP contribution in [-0.4, -0.2) is 38.1 Å². The fraction of sp³-hybridized carbons (Fsp3) is 0.134. The molecule has 9 nitrogen and oxygen atoms in total. The molecule has 1 atom stereocenters. The van der Waals surface area contributed by atoms with Crippen LogP contribution in [-0.2, 0) is 21.1 Å². The topological polar surface area (TPSA) is 64.1 Å². The van der Waals surface area contributed by atoms with Gasteiger partial charge in [0, 0.05) is 71.3 Å². The smallest absolute Gasteiger partial charge is 0.503 e. The van der Waals surface area contributed by atoms with Crippen LogP contribution in [0.5, 0.6) is 11.6 Å². The first-order valence-electron chi connectivity index (χ1n) is 29.7. The molecule has 12 rings (SSSR count). The molecule has 1 unspecified atom stereocenters. The average Bonchev–Trinajstić information content (AvgIpc) is 1.60. The van der Waals surface area contributed by atoms with Crippen LogP contribution in [0, 0.1) is 18.8 Å². The molecule has 4 aliphatic rings. The molecular weight excluding hydrogens is 1150 g/mol. The zero-order chi connectivity index (χ0) is 59.3. The summed E-state index contributed by atoms with van der Waals surface area (Å²) in [7, 11) is 6.01. The van der Waals surface area contributed by atoms with Gasteiger partial charge in [0.15, 0.2) is 20.8 Å². The first kappa shape index (κ1) is 44.6. The molecule has 8 aromatic rings. The maximum atomic E-state index is 9.37. The zero-order valence-corrected chi connectivity index (χ0v) is 46.5. The molecule has 0 saturated heterocycles. The van der Waals surface area contributed by atoms with E-state index in [4.69, 9.17) is 16.6 Å². The van der Waals surface area contributed by atoms with Crippen molar-refractivity contribution in [3.05, 3.63) is 254 Å². The Balaban J connectivity index is 0.00000768. The van der Waals surface area contributed by atoms with Crippen LogP contribution >= 0.6 is 0 Å². The number of para-hydroxylation sites is 6. The number of nitrogens with zero attached hydrogens (tertiary/aromatic N) is 6. The Hall–Kier alpha value is -8.39. The number of ether oxygens (including phenoxy) is 1. The summed E-state index contributed by atoms with van der Waals surface area (Å²) in [6, 6.07) is 39.4. The summed E-state index contributed by atoms with van der Waals surface area (Å²) >= 11 is 0. The summed E-state index contributed by atoms with van der Waals surface area (Å²) in [5.41, 5.74) is 12.6. The summed E-state index contributed by atoms with van der Waals surface area (Å²) in [6.07, 6.45) is 22.5. The minimum absolute atomic E-state index is 0. The van der Waals surface area contributed by atoms with Crippen molar-refractivity contribution in [2.24, 2.45) is 0 Å². The minimum Gasteiger partial charge on any atom is -0.503 e. The van der Waals surface area contributed by atoms with Gasteiger partial charge in [0.25, 0.3) is 0 Å². The molecular formula is C67H59B2N8OPt+. The van der Waals surface area contributed by atoms with Crippen molar-refractivity contribution in [2.45, 2.75) is 45.8 Å². The molecule has 0 fully saturated rings. The molecule has 0 amide bonds. The standard InChI is InChI=1S/C67H59B2N8O.Pt/c1-45(2)49-22-17-23-50(46(3)4)65(49)57-41-47(42-64(72-57)78-48-33-34-52-51-21-7-8-28-58(51)77(63(52)43-48)67-73(5)59-29-9-10-30-60(59)74(67)6)75-44-76(62-32-12-11-31-61(62)75)66-53(55-26-19-39-70-37-15-13-35-68-55)24-18-25-54(66)56-27-20-40-71-38-16-14-36-69-56;/h7-41,44-46,67,70-71H,1-6H3;/q-3;+4/b35-13-,36-14-,37-15-,38-16-,39-19-,40-20-,55-26-,56-27-;/i5D3,7D,8D,21D,28D;. The summed E-state index contributed by atoms with van der Waals surface area (Å²) in [5, 5.41) is 7.10. The average molecular weight is 1220 g/mol. The summed E-state index contributed by atoms with van der Waals surface area (Å²) in [6.45, 7) is 8.13. The van der Waals surface area contributed by atoms with Gasteiger partial charge in [-0.25, -0.2) is 0 Å². The van der Waals surface area contributed by atoms with E-state index in [2.05, 4.69) is 148 Å². The molecule has 0 spiro atoms. The fourth-order valence-electron chi connectivity index (χ4n) is 10.7. The molecule has 0 aliphatic carbocycles. The molecule has 4 aliphatic heterocycles. The summed E-state index contributed by atoms with van der Waals surface area (Å²) in [4.78, 5) is 12.8. The molecule has 0 saturated carbocycles. The van der Waals surface area contributed by atoms with Gasteiger partial charge in [0.2, 0.25) is 0 Å². The van der Waals surface area contributed by atoms with E-state index in [1.165, 1.54) is 4.90 Å². The van der Waals surface area contributed by atoms with E-state index in [0.717, 1.165) is 55.8 Å². The van der Waals surface area contributed by atoms with Crippen LogP contribution in [0.3, 0.4) is 0 Å². The van der Waals surface area contributed by atoms with Gasteiger partial charge >= 0.3 is 21.1 Å². The van der Waals surface area contributed by atoms with Crippen LogP contribution < -0.4 is 35.0 Å². The van der Waals surface area contributed by atoms with E-state index in [0.29, 0.717) is 33.7 Å². The van der Waals surface area contributed by atoms with Crippen LogP contribution in [0.4, 0.5) is 34.1 Å². The molecule has 2 aromatic heterocycles. The second-order valence-corrected chi connectivity index (χ2v) is 19.8. The number of anilines is 6. The van der Waals surface area contributed by atoms with E-state index < -0.39 is 25.4 Å². The van der Waals surface area contributed by atoms with Gasteiger partial charge in [-0.15, -0.1) is 36.1 Å². The first-order chi connectivity index (χ1) is 41.1. The molecule has 12 heteroatoms. The van der Waals surface area contributed by atoms with Crippen molar-refractivity contribution < 1.29 is 35.4 Å². The molecule has 388 valence electrons. The third-order valence-electron chi connectivity index (χ3n) is 14.3. The van der Waals surface area contributed by atoms with E-state index in [1.54, 1.807) is 40.8 Å². The second kappa shape index (κ2) is 22.9. The number of rotatable bonds is 10. The Kier molecular flexibility index (Phi) is 12.9. The van der Waals surface area contributed by atoms with E-state index in [-0.39, 0.29) is 67.5 Å². The van der Waals surface area contributed by atoms with Crippen molar-refractivity contribution >= 4 is 81.4 Å². The van der Waals surface area contributed by atoms with Gasteiger partial charge in [0.1, 0.15) is 5.88 Å². The third-order valence-corrected chi connectivity index (χ3v) is 14.3. The number of aromatic nitrogens is 2. The van der Waals surface area contributed by atoms with Gasteiger partial charge in [-0.3, -0.25) is 4.98 Å². The SMILES string of the molecule is [2H]c1c([2H])c([2H])c2c(c1[2H])c1ccc(Oc3[c-]c(N4[CH-]N(c5c(/C6=C/C=C\N/C=C\C=C/[B]6)cccc5/C5=C/C=C\N/C=C\C=C/[B]5)c5ccccc54)cc(-c4c(C(C)C)cccc4C(C)C)n3)[c-]c1n2C1N(C)c2ccccc2N1C([2H])([2H])[2H].[Pt+4]. The van der Waals surface area contributed by atoms with Gasteiger partial charge in [-0.05, 0) is 105 Å². The molecule has 6 heterocycles. The quantitative estimate of drug-likeness (QED) is 0.104. The Morgan fingerprint density at radius 2 is 1.25 bits per heavy atom. The Bertz CT molecular complexity index is 4130. The number of fused-ring (bicyclic) bond motifs is 5. The maximum Gasteiger partial charge on any atom is 4.00 e. The Morgan fingerprint density at radius 3 is 1.90 bits per heavy atom. The maximum absolute atomic E-state index is 9.37. The third kappa shape index (κ3) is 10.1. The number of benzene rings is 6. The minimum atomic E-state index is -2.68. The summed E-state index contributed by atoms with van der Waals surface area (Å²) in [5.74, 6) is 4.62. The van der Waals surface area contributed by atoms with Crippen LogP contribution in [0.1, 0.15) is 77.7 Å². The van der Waals surface area contributed by atoms with Crippen molar-refractivity contribution in [2.75, 3.05) is 33.6 Å². The predicted molar refractivity (Wildman–Crippen MR) is 327 cm³/mol. The Morgan fingerprint density at radius 1 is 0.658 bits per heavy atom. The molecule has 2 N–H and O–H groups in total. The molecule has 6 aromatic carbocycles. The van der Waals surface area contributed by atoms with Crippen LogP contribution in [0.2, 0.25) is 0 Å². The number of hydrogen-bond acceptors (Lipinski definition) is 8. The van der Waals surface area contributed by atoms with Gasteiger partial charge in [-0.2, -0.15) is 23.9 Å². The predicted octanol–water partition coefficient (Wildman–Crippen LogP) is 15.3. The second-order valence-electron chi connectivity index (χ2n) is 19.8. The number of nitrogens with one attached hydrogen (secondary N) is 2. The van der Waals surface area contributed by atoms with E-state index in [1.807, 2.05) is 97.5 Å². The number of hydrogen-bond donors (Lipinski definition) is 2. The number of allylic oxidation sites excluding steroid dienone is 8. The van der Waals surface area contributed by atoms with Gasteiger partial charge in [-0.1, -0.05) is 147 Å². The number of pyridine rings is 1. The normalized spacial score (nSPS) is 21.0.